The summed E-state index contributed by atoms with van der Waals surface area (Å²) in [6.45, 7) is 12.5. The van der Waals surface area contributed by atoms with E-state index >= 15 is 0 Å². The van der Waals surface area contributed by atoms with Crippen LogP contribution in [0.3, 0.4) is 0 Å². The van der Waals surface area contributed by atoms with Crippen LogP contribution in [0, 0.1) is 28.6 Å². The van der Waals surface area contributed by atoms with Crippen LogP contribution in [0.4, 0.5) is 0 Å². The van der Waals surface area contributed by atoms with E-state index in [2.05, 4.69) is 34.6 Å². The Hall–Kier alpha value is -0.300. The lowest BCUT2D eigenvalue weighted by molar-refractivity contribution is -0.0957. The Labute approximate surface area is 132 Å². The van der Waals surface area contributed by atoms with E-state index in [4.69, 9.17) is 5.11 Å². The molecule has 2 saturated carbocycles. The summed E-state index contributed by atoms with van der Waals surface area (Å²) >= 11 is 0. The maximum Gasteiger partial charge on any atom is 0.0614 e. The number of allylic oxidation sites excluding steroid dienone is 1. The largest absolute Gasteiger partial charge is 0.392 e. The van der Waals surface area contributed by atoms with Gasteiger partial charge in [-0.05, 0) is 67.6 Å². The molecule has 0 bridgehead atoms. The second-order valence-corrected chi connectivity index (χ2v) is 8.83. The lowest BCUT2D eigenvalue weighted by Crippen LogP contribution is -2.51. The van der Waals surface area contributed by atoms with Gasteiger partial charge < -0.3 is 5.11 Å². The molecule has 0 aromatic carbocycles. The summed E-state index contributed by atoms with van der Waals surface area (Å²) in [5, 5.41) is 9.06. The Morgan fingerprint density at radius 1 is 1.19 bits per heavy atom. The molecule has 1 N–H and O–H groups in total. The number of hydrogen-bond donors (Lipinski definition) is 1. The van der Waals surface area contributed by atoms with E-state index < -0.39 is 0 Å². The van der Waals surface area contributed by atoms with Gasteiger partial charge in [0.1, 0.15) is 0 Å². The first-order chi connectivity index (χ1) is 9.81. The van der Waals surface area contributed by atoms with Gasteiger partial charge in [-0.3, -0.25) is 0 Å². The zero-order chi connectivity index (χ0) is 15.7. The molecule has 0 heterocycles. The molecule has 0 radical (unpaired) electrons. The summed E-state index contributed by atoms with van der Waals surface area (Å²) in [4.78, 5) is 0. The molecule has 1 nitrogen and oxygen atoms in total. The van der Waals surface area contributed by atoms with E-state index in [1.807, 2.05) is 6.08 Å². The summed E-state index contributed by atoms with van der Waals surface area (Å²) in [6.07, 6.45) is 11.6. The molecule has 2 aliphatic rings. The third-order valence-electron chi connectivity index (χ3n) is 7.01. The quantitative estimate of drug-likeness (QED) is 0.670. The fraction of sp³-hybridized carbons (Fsp3) is 0.900. The summed E-state index contributed by atoms with van der Waals surface area (Å²) in [6, 6.07) is 0. The number of aliphatic hydroxyl groups is 1. The van der Waals surface area contributed by atoms with E-state index in [1.54, 1.807) is 0 Å². The van der Waals surface area contributed by atoms with Gasteiger partial charge in [-0.2, -0.15) is 0 Å². The van der Waals surface area contributed by atoms with Crippen LogP contribution in [0.25, 0.3) is 0 Å². The highest BCUT2D eigenvalue weighted by Gasteiger charge is 2.53. The lowest BCUT2D eigenvalue weighted by Gasteiger charge is -2.59. The standard InChI is InChI=1S/C20H36O/c1-15(11-14-21)7-9-17-16(2)8-10-18-19(3,4)12-6-13-20(17,18)5/h11,16-18,21H,6-10,12-14H2,1-5H3/b15-11-/t16-,17-,18-,20-/m1/s1. The minimum absolute atomic E-state index is 0.193. The Bertz CT molecular complexity index is 381. The third-order valence-corrected chi connectivity index (χ3v) is 7.01. The van der Waals surface area contributed by atoms with Crippen molar-refractivity contribution in [2.75, 3.05) is 6.61 Å². The topological polar surface area (TPSA) is 20.2 Å². The van der Waals surface area contributed by atoms with Crippen molar-refractivity contribution in [3.05, 3.63) is 11.6 Å². The molecule has 4 atom stereocenters. The average Bonchev–Trinajstić information content (AvgIpc) is 2.37. The van der Waals surface area contributed by atoms with Gasteiger partial charge in [-0.1, -0.05) is 52.2 Å². The molecule has 0 unspecified atom stereocenters. The van der Waals surface area contributed by atoms with E-state index in [0.717, 1.165) is 24.2 Å². The van der Waals surface area contributed by atoms with Gasteiger partial charge in [0.05, 0.1) is 6.61 Å². The zero-order valence-corrected chi connectivity index (χ0v) is 14.9. The molecule has 0 spiro atoms. The zero-order valence-electron chi connectivity index (χ0n) is 14.9. The third kappa shape index (κ3) is 3.38. The van der Waals surface area contributed by atoms with Gasteiger partial charge >= 0.3 is 0 Å². The molecular formula is C20H36O. The van der Waals surface area contributed by atoms with Crippen LogP contribution in [-0.4, -0.2) is 11.7 Å². The molecule has 0 aromatic heterocycles. The van der Waals surface area contributed by atoms with Crippen LogP contribution in [0.1, 0.15) is 79.6 Å². The SMILES string of the molecule is C/C(=C/CO)CC[C@@H]1[C@H](C)CC[C@@H]2C(C)(C)CCC[C@]12C. The molecule has 1 heteroatoms. The van der Waals surface area contributed by atoms with Crippen LogP contribution in [0.15, 0.2) is 11.6 Å². The fourth-order valence-electron chi connectivity index (χ4n) is 5.87. The van der Waals surface area contributed by atoms with E-state index in [9.17, 15) is 0 Å². The maximum atomic E-state index is 9.06. The highest BCUT2D eigenvalue weighted by atomic mass is 16.2. The molecule has 2 rings (SSSR count). The van der Waals surface area contributed by atoms with Crippen molar-refractivity contribution in [2.45, 2.75) is 79.6 Å². The molecule has 0 saturated heterocycles. The van der Waals surface area contributed by atoms with Gasteiger partial charge in [0.25, 0.3) is 0 Å². The van der Waals surface area contributed by atoms with Crippen LogP contribution < -0.4 is 0 Å². The number of fused-ring (bicyclic) bond motifs is 1. The van der Waals surface area contributed by atoms with E-state index in [1.165, 1.54) is 44.1 Å². The molecule has 0 aromatic rings. The number of aliphatic hydroxyl groups excluding tert-OH is 1. The van der Waals surface area contributed by atoms with Gasteiger partial charge in [0.15, 0.2) is 0 Å². The van der Waals surface area contributed by atoms with Crippen molar-refractivity contribution in [3.8, 4) is 0 Å². The van der Waals surface area contributed by atoms with Crippen molar-refractivity contribution >= 4 is 0 Å². The van der Waals surface area contributed by atoms with E-state index in [0.29, 0.717) is 10.8 Å². The predicted molar refractivity (Wildman–Crippen MR) is 91.2 cm³/mol. The highest BCUT2D eigenvalue weighted by molar-refractivity contribution is 5.05. The second-order valence-electron chi connectivity index (χ2n) is 8.83. The molecule has 2 aliphatic carbocycles. The Morgan fingerprint density at radius 3 is 2.57 bits per heavy atom. The van der Waals surface area contributed by atoms with Crippen LogP contribution in [-0.2, 0) is 0 Å². The molecule has 0 amide bonds. The average molecular weight is 293 g/mol. The lowest BCUT2D eigenvalue weighted by atomic mass is 9.46. The predicted octanol–water partition coefficient (Wildman–Crippen LogP) is 5.58. The summed E-state index contributed by atoms with van der Waals surface area (Å²) < 4.78 is 0. The first kappa shape index (κ1) is 17.1. The van der Waals surface area contributed by atoms with Crippen molar-refractivity contribution < 1.29 is 5.11 Å². The van der Waals surface area contributed by atoms with Crippen LogP contribution >= 0.6 is 0 Å². The highest BCUT2D eigenvalue weighted by Crippen LogP contribution is 2.62. The van der Waals surface area contributed by atoms with Gasteiger partial charge in [-0.15, -0.1) is 0 Å². The molecule has 122 valence electrons. The monoisotopic (exact) mass is 292 g/mol. The molecule has 0 aliphatic heterocycles. The van der Waals surface area contributed by atoms with Crippen LogP contribution in [0.5, 0.6) is 0 Å². The first-order valence-corrected chi connectivity index (χ1v) is 9.08. The molecule has 21 heavy (non-hydrogen) atoms. The molecular weight excluding hydrogens is 256 g/mol. The van der Waals surface area contributed by atoms with Crippen LogP contribution in [0.2, 0.25) is 0 Å². The summed E-state index contributed by atoms with van der Waals surface area (Å²) in [7, 11) is 0. The fourth-order valence-corrected chi connectivity index (χ4v) is 5.87. The van der Waals surface area contributed by atoms with Crippen molar-refractivity contribution in [2.24, 2.45) is 28.6 Å². The van der Waals surface area contributed by atoms with Gasteiger partial charge in [0.2, 0.25) is 0 Å². The minimum atomic E-state index is 0.193. The van der Waals surface area contributed by atoms with Crippen molar-refractivity contribution in [3.63, 3.8) is 0 Å². The Kier molecular flexibility index (Phi) is 5.23. The number of hydrogen-bond acceptors (Lipinski definition) is 1. The van der Waals surface area contributed by atoms with Gasteiger partial charge in [-0.25, -0.2) is 0 Å². The van der Waals surface area contributed by atoms with Crippen molar-refractivity contribution in [1.82, 2.24) is 0 Å². The summed E-state index contributed by atoms with van der Waals surface area (Å²) in [5.74, 6) is 2.63. The normalized spacial score (nSPS) is 39.9. The Morgan fingerprint density at radius 2 is 1.90 bits per heavy atom. The minimum Gasteiger partial charge on any atom is -0.392 e. The van der Waals surface area contributed by atoms with E-state index in [-0.39, 0.29) is 6.61 Å². The summed E-state index contributed by atoms with van der Waals surface area (Å²) in [5.41, 5.74) is 2.44. The first-order valence-electron chi connectivity index (χ1n) is 9.08. The van der Waals surface area contributed by atoms with Crippen molar-refractivity contribution in [1.29, 1.82) is 0 Å². The molecule has 2 fully saturated rings. The number of rotatable bonds is 4. The second kappa shape index (κ2) is 6.44. The van der Waals surface area contributed by atoms with Gasteiger partial charge in [0, 0.05) is 0 Å². The smallest absolute Gasteiger partial charge is 0.0614 e. The Balaban J connectivity index is 2.15. The maximum absolute atomic E-state index is 9.06.